The third kappa shape index (κ3) is 4.45. The average Bonchev–Trinajstić information content (AvgIpc) is 2.52. The van der Waals surface area contributed by atoms with E-state index >= 15 is 0 Å². The van der Waals surface area contributed by atoms with Crippen LogP contribution in [0.4, 0.5) is 0 Å². The number of ether oxygens (including phenoxy) is 1. The second-order valence-electron chi connectivity index (χ2n) is 5.62. The molecule has 2 heteroatoms. The highest BCUT2D eigenvalue weighted by Gasteiger charge is 2.06. The van der Waals surface area contributed by atoms with Crippen LogP contribution in [0.2, 0.25) is 0 Å². The van der Waals surface area contributed by atoms with Crippen LogP contribution in [0, 0.1) is 5.92 Å². The van der Waals surface area contributed by atoms with Crippen molar-refractivity contribution >= 4 is 6.29 Å². The lowest BCUT2D eigenvalue weighted by molar-refractivity contribution is 0.112. The molecule has 21 heavy (non-hydrogen) atoms. The zero-order valence-corrected chi connectivity index (χ0v) is 12.7. The zero-order chi connectivity index (χ0) is 15.1. The standard InChI is InChI=1S/C19H22O2/c1-15(2)6-5-13-21-19-8-4-3-7-18(19)17-11-9-16(14-20)10-12-17/h3-4,7-12,14-15H,5-6,13H2,1-2H3. The molecule has 0 N–H and O–H groups in total. The second-order valence-corrected chi connectivity index (χ2v) is 5.62. The first-order chi connectivity index (χ1) is 10.2. The fourth-order valence-electron chi connectivity index (χ4n) is 2.25. The minimum absolute atomic E-state index is 0.689. The van der Waals surface area contributed by atoms with Crippen LogP contribution in [-0.2, 0) is 0 Å². The molecule has 2 aromatic rings. The summed E-state index contributed by atoms with van der Waals surface area (Å²) >= 11 is 0. The molecular weight excluding hydrogens is 260 g/mol. The largest absolute Gasteiger partial charge is 0.493 e. The van der Waals surface area contributed by atoms with Gasteiger partial charge in [-0.25, -0.2) is 0 Å². The van der Waals surface area contributed by atoms with E-state index in [0.717, 1.165) is 36.2 Å². The quantitative estimate of drug-likeness (QED) is 0.528. The maximum Gasteiger partial charge on any atom is 0.150 e. The van der Waals surface area contributed by atoms with E-state index in [0.29, 0.717) is 11.5 Å². The molecular formula is C19H22O2. The molecule has 0 saturated carbocycles. The van der Waals surface area contributed by atoms with E-state index in [1.165, 1.54) is 6.42 Å². The minimum Gasteiger partial charge on any atom is -0.493 e. The van der Waals surface area contributed by atoms with Gasteiger partial charge in [-0.15, -0.1) is 0 Å². The Labute approximate surface area is 126 Å². The Morgan fingerprint density at radius 3 is 2.43 bits per heavy atom. The van der Waals surface area contributed by atoms with Gasteiger partial charge in [0.1, 0.15) is 12.0 Å². The van der Waals surface area contributed by atoms with Crippen LogP contribution >= 0.6 is 0 Å². The van der Waals surface area contributed by atoms with Crippen molar-refractivity contribution in [2.24, 2.45) is 5.92 Å². The SMILES string of the molecule is CC(C)CCCOc1ccccc1-c1ccc(C=O)cc1. The van der Waals surface area contributed by atoms with E-state index in [4.69, 9.17) is 4.74 Å². The monoisotopic (exact) mass is 282 g/mol. The molecule has 0 aliphatic heterocycles. The maximum atomic E-state index is 10.7. The first-order valence-electron chi connectivity index (χ1n) is 7.48. The number of hydrogen-bond donors (Lipinski definition) is 0. The van der Waals surface area contributed by atoms with Crippen molar-refractivity contribution < 1.29 is 9.53 Å². The molecule has 0 unspecified atom stereocenters. The number of aldehydes is 1. The van der Waals surface area contributed by atoms with Gasteiger partial charge in [-0.05, 0) is 30.4 Å². The highest BCUT2D eigenvalue weighted by Crippen LogP contribution is 2.30. The van der Waals surface area contributed by atoms with Crippen molar-refractivity contribution in [2.75, 3.05) is 6.61 Å². The third-order valence-corrected chi connectivity index (χ3v) is 3.43. The Morgan fingerprint density at radius 1 is 1.05 bits per heavy atom. The highest BCUT2D eigenvalue weighted by atomic mass is 16.5. The van der Waals surface area contributed by atoms with Crippen molar-refractivity contribution in [1.29, 1.82) is 0 Å². The van der Waals surface area contributed by atoms with Crippen LogP contribution in [0.1, 0.15) is 37.0 Å². The van der Waals surface area contributed by atoms with Gasteiger partial charge in [0.05, 0.1) is 6.61 Å². The molecule has 110 valence electrons. The lowest BCUT2D eigenvalue weighted by atomic mass is 10.0. The number of rotatable bonds is 7. The molecule has 0 radical (unpaired) electrons. The van der Waals surface area contributed by atoms with Gasteiger partial charge in [-0.3, -0.25) is 4.79 Å². The van der Waals surface area contributed by atoms with Crippen molar-refractivity contribution in [3.63, 3.8) is 0 Å². The van der Waals surface area contributed by atoms with Gasteiger partial charge in [-0.2, -0.15) is 0 Å². The van der Waals surface area contributed by atoms with Crippen LogP contribution in [0.15, 0.2) is 48.5 Å². The normalized spacial score (nSPS) is 10.6. The summed E-state index contributed by atoms with van der Waals surface area (Å²) in [5, 5.41) is 0. The van der Waals surface area contributed by atoms with Crippen molar-refractivity contribution in [3.05, 3.63) is 54.1 Å². The summed E-state index contributed by atoms with van der Waals surface area (Å²) in [6.45, 7) is 5.19. The molecule has 0 fully saturated rings. The fourth-order valence-corrected chi connectivity index (χ4v) is 2.25. The molecule has 0 saturated heterocycles. The average molecular weight is 282 g/mol. The third-order valence-electron chi connectivity index (χ3n) is 3.43. The van der Waals surface area contributed by atoms with Crippen molar-refractivity contribution in [1.82, 2.24) is 0 Å². The summed E-state index contributed by atoms with van der Waals surface area (Å²) in [7, 11) is 0. The van der Waals surface area contributed by atoms with Gasteiger partial charge in [0.2, 0.25) is 0 Å². The molecule has 0 amide bonds. The number of carbonyl (C=O) groups excluding carboxylic acids is 1. The lowest BCUT2D eigenvalue weighted by Gasteiger charge is -2.12. The molecule has 0 bridgehead atoms. The Kier molecular flexibility index (Phi) is 5.56. The Morgan fingerprint density at radius 2 is 1.76 bits per heavy atom. The van der Waals surface area contributed by atoms with E-state index in [2.05, 4.69) is 13.8 Å². The zero-order valence-electron chi connectivity index (χ0n) is 12.7. The summed E-state index contributed by atoms with van der Waals surface area (Å²) < 4.78 is 5.93. The van der Waals surface area contributed by atoms with Gasteiger partial charge < -0.3 is 4.74 Å². The summed E-state index contributed by atoms with van der Waals surface area (Å²) in [4.78, 5) is 10.7. The minimum atomic E-state index is 0.689. The first kappa shape index (κ1) is 15.3. The fraction of sp³-hybridized carbons (Fsp3) is 0.316. The van der Waals surface area contributed by atoms with Gasteiger partial charge >= 0.3 is 0 Å². The molecule has 2 aromatic carbocycles. The Hall–Kier alpha value is -2.09. The summed E-state index contributed by atoms with van der Waals surface area (Å²) in [5.74, 6) is 1.61. The number of hydrogen-bond acceptors (Lipinski definition) is 2. The van der Waals surface area contributed by atoms with Gasteiger partial charge in [0, 0.05) is 11.1 Å². The molecule has 2 nitrogen and oxygen atoms in total. The van der Waals surface area contributed by atoms with Gasteiger partial charge in [0.25, 0.3) is 0 Å². The summed E-state index contributed by atoms with van der Waals surface area (Å²) in [6.07, 6.45) is 3.10. The number of benzene rings is 2. The van der Waals surface area contributed by atoms with Crippen LogP contribution in [0.25, 0.3) is 11.1 Å². The van der Waals surface area contributed by atoms with Gasteiger partial charge in [-0.1, -0.05) is 56.3 Å². The summed E-state index contributed by atoms with van der Waals surface area (Å²) in [5.41, 5.74) is 2.83. The van der Waals surface area contributed by atoms with Crippen molar-refractivity contribution in [2.45, 2.75) is 26.7 Å². The van der Waals surface area contributed by atoms with Crippen LogP contribution < -0.4 is 4.74 Å². The second kappa shape index (κ2) is 7.63. The van der Waals surface area contributed by atoms with E-state index < -0.39 is 0 Å². The number of para-hydroxylation sites is 1. The predicted molar refractivity (Wildman–Crippen MR) is 86.8 cm³/mol. The van der Waals surface area contributed by atoms with Crippen LogP contribution in [0.5, 0.6) is 5.75 Å². The van der Waals surface area contributed by atoms with Crippen LogP contribution in [0.3, 0.4) is 0 Å². The molecule has 0 heterocycles. The highest BCUT2D eigenvalue weighted by molar-refractivity contribution is 5.78. The molecule has 0 aliphatic carbocycles. The van der Waals surface area contributed by atoms with E-state index in [-0.39, 0.29) is 0 Å². The Balaban J connectivity index is 2.10. The molecule has 0 spiro atoms. The van der Waals surface area contributed by atoms with E-state index in [9.17, 15) is 4.79 Å². The van der Waals surface area contributed by atoms with E-state index in [1.54, 1.807) is 0 Å². The van der Waals surface area contributed by atoms with E-state index in [1.807, 2.05) is 48.5 Å². The number of carbonyl (C=O) groups is 1. The maximum absolute atomic E-state index is 10.7. The Bertz CT molecular complexity index is 570. The predicted octanol–water partition coefficient (Wildman–Crippen LogP) is 4.98. The smallest absolute Gasteiger partial charge is 0.150 e. The molecule has 0 aliphatic rings. The first-order valence-corrected chi connectivity index (χ1v) is 7.48. The molecule has 2 rings (SSSR count). The molecule has 0 atom stereocenters. The van der Waals surface area contributed by atoms with Gasteiger partial charge in [0.15, 0.2) is 0 Å². The lowest BCUT2D eigenvalue weighted by Crippen LogP contribution is -2.00. The van der Waals surface area contributed by atoms with Crippen molar-refractivity contribution in [3.8, 4) is 16.9 Å². The molecule has 0 aromatic heterocycles. The van der Waals surface area contributed by atoms with Crippen LogP contribution in [-0.4, -0.2) is 12.9 Å². The topological polar surface area (TPSA) is 26.3 Å². The summed E-state index contributed by atoms with van der Waals surface area (Å²) in [6, 6.07) is 15.6.